The maximum atomic E-state index is 5.42. The number of aromatic nitrogens is 2. The summed E-state index contributed by atoms with van der Waals surface area (Å²) >= 11 is 0. The normalized spacial score (nSPS) is 18.8. The van der Waals surface area contributed by atoms with Gasteiger partial charge in [0, 0.05) is 6.20 Å². The van der Waals surface area contributed by atoms with Gasteiger partial charge in [0.05, 0.1) is 17.8 Å². The molecule has 4 N–H and O–H groups in total. The van der Waals surface area contributed by atoms with Crippen LogP contribution in [-0.2, 0) is 0 Å². The van der Waals surface area contributed by atoms with Crippen LogP contribution in [0.25, 0.3) is 0 Å². The van der Waals surface area contributed by atoms with Crippen molar-refractivity contribution in [1.82, 2.24) is 15.6 Å². The Labute approximate surface area is 82.8 Å². The molecule has 1 aliphatic rings. The van der Waals surface area contributed by atoms with Gasteiger partial charge < -0.3 is 5.43 Å². The Balaban J connectivity index is 2.12. The molecule has 0 saturated heterocycles. The Morgan fingerprint density at radius 3 is 2.93 bits per heavy atom. The Hall–Kier alpha value is -1.36. The first-order valence-electron chi connectivity index (χ1n) is 4.93. The maximum Gasteiger partial charge on any atom is 0.145 e. The van der Waals surface area contributed by atoms with Crippen LogP contribution in [0.5, 0.6) is 0 Å². The minimum absolute atomic E-state index is 0.427. The number of aromatic amines is 1. The number of H-pyrrole nitrogens is 1. The molecule has 0 amide bonds. The second-order valence-electron chi connectivity index (χ2n) is 3.55. The molecule has 0 radical (unpaired) electrons. The van der Waals surface area contributed by atoms with Gasteiger partial charge >= 0.3 is 0 Å². The smallest absolute Gasteiger partial charge is 0.145 e. The van der Waals surface area contributed by atoms with Gasteiger partial charge in [-0.05, 0) is 12.8 Å². The quantitative estimate of drug-likeness (QED) is 0.278. The third kappa shape index (κ3) is 1.93. The van der Waals surface area contributed by atoms with Gasteiger partial charge in [-0.15, -0.1) is 0 Å². The number of hydrogen-bond donors (Lipinski definition) is 3. The molecule has 0 atom stereocenters. The number of rotatable bonds is 2. The molecular weight excluding hydrogens is 178 g/mol. The summed E-state index contributed by atoms with van der Waals surface area (Å²) in [4.78, 5) is 4.56. The number of aliphatic imine (C=N–C) groups is 1. The van der Waals surface area contributed by atoms with Crippen LogP contribution in [0.15, 0.2) is 17.4 Å². The highest BCUT2D eigenvalue weighted by Crippen LogP contribution is 2.21. The van der Waals surface area contributed by atoms with Crippen molar-refractivity contribution in [3.05, 3.63) is 18.0 Å². The van der Waals surface area contributed by atoms with Crippen molar-refractivity contribution >= 4 is 5.84 Å². The zero-order valence-electron chi connectivity index (χ0n) is 8.03. The minimum Gasteiger partial charge on any atom is -0.308 e. The fourth-order valence-electron chi connectivity index (χ4n) is 1.79. The largest absolute Gasteiger partial charge is 0.308 e. The van der Waals surface area contributed by atoms with E-state index in [4.69, 9.17) is 5.84 Å². The summed E-state index contributed by atoms with van der Waals surface area (Å²) in [5, 5.41) is 6.61. The lowest BCUT2D eigenvalue weighted by molar-refractivity contribution is 0.701. The number of nitrogens with one attached hydrogen (secondary N) is 2. The fourth-order valence-corrected chi connectivity index (χ4v) is 1.79. The zero-order chi connectivity index (χ0) is 9.80. The average molecular weight is 193 g/mol. The van der Waals surface area contributed by atoms with Gasteiger partial charge in [-0.3, -0.25) is 10.1 Å². The highest BCUT2D eigenvalue weighted by molar-refractivity contribution is 5.98. The van der Waals surface area contributed by atoms with E-state index in [2.05, 4.69) is 20.6 Å². The minimum atomic E-state index is 0.427. The van der Waals surface area contributed by atoms with Crippen LogP contribution in [0.3, 0.4) is 0 Å². The van der Waals surface area contributed by atoms with Crippen LogP contribution in [0.1, 0.15) is 31.2 Å². The molecule has 0 unspecified atom stereocenters. The monoisotopic (exact) mass is 193 g/mol. The van der Waals surface area contributed by atoms with E-state index in [0.717, 1.165) is 11.4 Å². The van der Waals surface area contributed by atoms with Crippen LogP contribution in [0, 0.1) is 0 Å². The van der Waals surface area contributed by atoms with Gasteiger partial charge in [-0.1, -0.05) is 12.8 Å². The highest BCUT2D eigenvalue weighted by Gasteiger charge is 2.15. The van der Waals surface area contributed by atoms with Crippen molar-refractivity contribution in [2.24, 2.45) is 10.8 Å². The molecule has 14 heavy (non-hydrogen) atoms. The molecule has 1 fully saturated rings. The first-order chi connectivity index (χ1) is 6.90. The van der Waals surface area contributed by atoms with E-state index in [9.17, 15) is 0 Å². The third-order valence-corrected chi connectivity index (χ3v) is 2.54. The summed E-state index contributed by atoms with van der Waals surface area (Å²) in [6, 6.07) is 0.427. The fraction of sp³-hybridized carbons (Fsp3) is 0.556. The lowest BCUT2D eigenvalue weighted by atomic mass is 10.2. The number of amidine groups is 1. The van der Waals surface area contributed by atoms with Gasteiger partial charge in [0.1, 0.15) is 5.84 Å². The Kier molecular flexibility index (Phi) is 2.78. The molecule has 76 valence electrons. The predicted octanol–water partition coefficient (Wildman–Crippen LogP) is 0.562. The molecule has 1 aromatic heterocycles. The summed E-state index contributed by atoms with van der Waals surface area (Å²) in [5.41, 5.74) is 3.54. The van der Waals surface area contributed by atoms with Crippen molar-refractivity contribution in [2.75, 3.05) is 0 Å². The SMILES string of the molecule is NNC(=NC1CCCC1)c1cn[nH]c1. The van der Waals surface area contributed by atoms with Crippen LogP contribution in [-0.4, -0.2) is 22.1 Å². The van der Waals surface area contributed by atoms with E-state index < -0.39 is 0 Å². The average Bonchev–Trinajstić information content (AvgIpc) is 2.86. The molecule has 5 heteroatoms. The van der Waals surface area contributed by atoms with Crippen LogP contribution < -0.4 is 11.3 Å². The van der Waals surface area contributed by atoms with Crippen molar-refractivity contribution in [1.29, 1.82) is 0 Å². The van der Waals surface area contributed by atoms with E-state index in [1.54, 1.807) is 12.4 Å². The molecule has 0 bridgehead atoms. The van der Waals surface area contributed by atoms with Gasteiger partial charge in [0.15, 0.2) is 0 Å². The number of nitrogens with two attached hydrogens (primary N) is 1. The van der Waals surface area contributed by atoms with E-state index in [-0.39, 0.29) is 0 Å². The molecule has 2 rings (SSSR count). The Bertz CT molecular complexity index is 297. The second-order valence-corrected chi connectivity index (χ2v) is 3.55. The highest BCUT2D eigenvalue weighted by atomic mass is 15.3. The van der Waals surface area contributed by atoms with Crippen molar-refractivity contribution in [3.8, 4) is 0 Å². The van der Waals surface area contributed by atoms with Gasteiger partial charge in [-0.2, -0.15) is 5.10 Å². The van der Waals surface area contributed by atoms with E-state index in [1.807, 2.05) is 0 Å². The standard InChI is InChI=1S/C9H15N5/c10-14-9(7-5-11-12-6-7)13-8-3-1-2-4-8/h5-6,8H,1-4,10H2,(H,11,12)(H,13,14). The van der Waals surface area contributed by atoms with Crippen molar-refractivity contribution in [2.45, 2.75) is 31.7 Å². The molecule has 1 saturated carbocycles. The summed E-state index contributed by atoms with van der Waals surface area (Å²) in [6.45, 7) is 0. The van der Waals surface area contributed by atoms with Crippen molar-refractivity contribution < 1.29 is 0 Å². The van der Waals surface area contributed by atoms with Crippen LogP contribution >= 0.6 is 0 Å². The van der Waals surface area contributed by atoms with E-state index in [0.29, 0.717) is 6.04 Å². The first-order valence-corrected chi connectivity index (χ1v) is 4.93. The zero-order valence-corrected chi connectivity index (χ0v) is 8.03. The van der Waals surface area contributed by atoms with E-state index in [1.165, 1.54) is 25.7 Å². The number of hydrogen-bond acceptors (Lipinski definition) is 3. The summed E-state index contributed by atoms with van der Waals surface area (Å²) in [6.07, 6.45) is 8.39. The summed E-state index contributed by atoms with van der Waals surface area (Å²) < 4.78 is 0. The Morgan fingerprint density at radius 1 is 1.57 bits per heavy atom. The van der Waals surface area contributed by atoms with Gasteiger partial charge in [0.2, 0.25) is 0 Å². The van der Waals surface area contributed by atoms with Gasteiger partial charge in [0.25, 0.3) is 0 Å². The molecule has 0 aromatic carbocycles. The van der Waals surface area contributed by atoms with Gasteiger partial charge in [-0.25, -0.2) is 5.84 Å². The second kappa shape index (κ2) is 4.23. The molecule has 0 spiro atoms. The van der Waals surface area contributed by atoms with E-state index >= 15 is 0 Å². The molecule has 1 aromatic rings. The molecular formula is C9H15N5. The van der Waals surface area contributed by atoms with Crippen molar-refractivity contribution in [3.63, 3.8) is 0 Å². The molecule has 5 nitrogen and oxygen atoms in total. The summed E-state index contributed by atoms with van der Waals surface area (Å²) in [5.74, 6) is 6.15. The van der Waals surface area contributed by atoms with Crippen LogP contribution in [0.2, 0.25) is 0 Å². The lowest BCUT2D eigenvalue weighted by Gasteiger charge is -2.07. The first kappa shape index (κ1) is 9.21. The third-order valence-electron chi connectivity index (χ3n) is 2.54. The summed E-state index contributed by atoms with van der Waals surface area (Å²) in [7, 11) is 0. The topological polar surface area (TPSA) is 79.1 Å². The van der Waals surface area contributed by atoms with Crippen LogP contribution in [0.4, 0.5) is 0 Å². The lowest BCUT2D eigenvalue weighted by Crippen LogP contribution is -2.32. The number of nitrogens with zero attached hydrogens (tertiary/aromatic N) is 2. The maximum absolute atomic E-state index is 5.42. The molecule has 1 heterocycles. The molecule has 0 aliphatic heterocycles. The molecule has 1 aliphatic carbocycles. The predicted molar refractivity (Wildman–Crippen MR) is 54.7 cm³/mol. The Morgan fingerprint density at radius 2 is 2.36 bits per heavy atom. The number of hydrazine groups is 1.